The van der Waals surface area contributed by atoms with Crippen molar-refractivity contribution in [3.63, 3.8) is 0 Å². The molecule has 6 heteroatoms. The van der Waals surface area contributed by atoms with Crippen LogP contribution in [0.5, 0.6) is 0 Å². The predicted molar refractivity (Wildman–Crippen MR) is 84.2 cm³/mol. The van der Waals surface area contributed by atoms with Crippen LogP contribution in [0.15, 0.2) is 30.6 Å². The molecule has 0 unspecified atom stereocenters. The zero-order valence-corrected chi connectivity index (χ0v) is 12.6. The molecule has 1 heterocycles. The molecule has 0 bridgehead atoms. The Morgan fingerprint density at radius 2 is 2.24 bits per heavy atom. The summed E-state index contributed by atoms with van der Waals surface area (Å²) in [6.07, 6.45) is 3.77. The number of aromatic nitrogens is 2. The van der Waals surface area contributed by atoms with E-state index in [9.17, 15) is 4.79 Å². The lowest BCUT2D eigenvalue weighted by Gasteiger charge is -2.22. The quantitative estimate of drug-likeness (QED) is 0.815. The van der Waals surface area contributed by atoms with Gasteiger partial charge in [-0.25, -0.2) is 0 Å². The summed E-state index contributed by atoms with van der Waals surface area (Å²) in [5, 5.41) is 6.98. The first-order chi connectivity index (χ1) is 10.0. The zero-order chi connectivity index (χ0) is 15.4. The molecule has 112 valence electrons. The van der Waals surface area contributed by atoms with Crippen LogP contribution in [-0.2, 0) is 13.6 Å². The lowest BCUT2D eigenvalue weighted by Crippen LogP contribution is -2.26. The number of nitrogens with two attached hydrogens (primary N) is 1. The number of carbonyl (C=O) groups excluding carboxylic acids is 1. The predicted octanol–water partition coefficient (Wildman–Crippen LogP) is 1.39. The molecule has 0 saturated carbocycles. The van der Waals surface area contributed by atoms with Gasteiger partial charge in [0, 0.05) is 44.6 Å². The molecule has 6 nitrogen and oxygen atoms in total. The van der Waals surface area contributed by atoms with Crippen LogP contribution in [-0.4, -0.2) is 29.3 Å². The van der Waals surface area contributed by atoms with Crippen LogP contribution < -0.4 is 16.0 Å². The normalized spacial score (nSPS) is 10.4. The number of aryl methyl sites for hydroxylation is 1. The van der Waals surface area contributed by atoms with Crippen molar-refractivity contribution < 1.29 is 4.79 Å². The highest BCUT2D eigenvalue weighted by atomic mass is 16.1. The van der Waals surface area contributed by atoms with Crippen molar-refractivity contribution in [2.45, 2.75) is 13.5 Å². The highest BCUT2D eigenvalue weighted by molar-refractivity contribution is 6.00. The van der Waals surface area contributed by atoms with Crippen molar-refractivity contribution in [3.8, 4) is 0 Å². The Morgan fingerprint density at radius 1 is 1.48 bits per heavy atom. The summed E-state index contributed by atoms with van der Waals surface area (Å²) in [6, 6.07) is 5.32. The molecule has 0 aliphatic heterocycles. The number of benzene rings is 1. The average molecular weight is 287 g/mol. The van der Waals surface area contributed by atoms with Crippen molar-refractivity contribution in [1.82, 2.24) is 15.1 Å². The summed E-state index contributed by atoms with van der Waals surface area (Å²) in [5.41, 5.74) is 9.00. The number of rotatable bonds is 5. The molecule has 1 amide bonds. The second-order valence-corrected chi connectivity index (χ2v) is 5.01. The molecule has 0 spiro atoms. The summed E-state index contributed by atoms with van der Waals surface area (Å²) in [7, 11) is 3.81. The van der Waals surface area contributed by atoms with Gasteiger partial charge in [-0.3, -0.25) is 9.48 Å². The van der Waals surface area contributed by atoms with E-state index >= 15 is 0 Å². The Balaban J connectivity index is 2.28. The third-order valence-corrected chi connectivity index (χ3v) is 3.19. The van der Waals surface area contributed by atoms with Gasteiger partial charge in [0.2, 0.25) is 0 Å². The van der Waals surface area contributed by atoms with Crippen molar-refractivity contribution in [2.75, 3.05) is 24.2 Å². The molecule has 0 atom stereocenters. The van der Waals surface area contributed by atoms with Gasteiger partial charge in [0.15, 0.2) is 0 Å². The van der Waals surface area contributed by atoms with E-state index in [1.54, 1.807) is 16.8 Å². The summed E-state index contributed by atoms with van der Waals surface area (Å²) >= 11 is 0. The Labute approximate surface area is 124 Å². The van der Waals surface area contributed by atoms with Gasteiger partial charge >= 0.3 is 0 Å². The van der Waals surface area contributed by atoms with Crippen LogP contribution in [0.25, 0.3) is 0 Å². The lowest BCUT2D eigenvalue weighted by atomic mass is 10.1. The highest BCUT2D eigenvalue weighted by Crippen LogP contribution is 2.24. The topological polar surface area (TPSA) is 76.2 Å². The maximum atomic E-state index is 12.1. The first-order valence-corrected chi connectivity index (χ1v) is 6.87. The third kappa shape index (κ3) is 3.53. The molecule has 0 fully saturated rings. The van der Waals surface area contributed by atoms with Gasteiger partial charge in [-0.1, -0.05) is 0 Å². The van der Waals surface area contributed by atoms with Crippen LogP contribution in [0.1, 0.15) is 22.8 Å². The lowest BCUT2D eigenvalue weighted by molar-refractivity contribution is 0.0956. The Hall–Kier alpha value is -2.50. The number of hydrogen-bond donors (Lipinski definition) is 2. The molecule has 0 aliphatic carbocycles. The molecule has 0 aliphatic rings. The molecule has 0 radical (unpaired) electrons. The maximum absolute atomic E-state index is 12.1. The fourth-order valence-corrected chi connectivity index (χ4v) is 2.22. The highest BCUT2D eigenvalue weighted by Gasteiger charge is 2.15. The van der Waals surface area contributed by atoms with E-state index in [1.165, 1.54) is 0 Å². The second kappa shape index (κ2) is 6.30. The van der Waals surface area contributed by atoms with E-state index in [0.29, 0.717) is 24.3 Å². The van der Waals surface area contributed by atoms with Crippen molar-refractivity contribution in [1.29, 1.82) is 0 Å². The van der Waals surface area contributed by atoms with E-state index in [4.69, 9.17) is 5.73 Å². The number of nitrogen functional groups attached to an aromatic ring is 1. The minimum absolute atomic E-state index is 0.0921. The van der Waals surface area contributed by atoms with E-state index in [2.05, 4.69) is 10.4 Å². The minimum atomic E-state index is -0.0921. The molecular formula is C15H21N5O. The number of nitrogens with one attached hydrogen (secondary N) is 1. The molecular weight excluding hydrogens is 266 g/mol. The van der Waals surface area contributed by atoms with E-state index in [-0.39, 0.29) is 5.91 Å². The smallest absolute Gasteiger partial charge is 0.253 e. The van der Waals surface area contributed by atoms with Crippen molar-refractivity contribution in [3.05, 3.63) is 41.7 Å². The first kappa shape index (κ1) is 14.9. The minimum Gasteiger partial charge on any atom is -0.399 e. The molecule has 2 rings (SSSR count). The molecule has 3 N–H and O–H groups in total. The van der Waals surface area contributed by atoms with Gasteiger partial charge in [0.1, 0.15) is 0 Å². The molecule has 21 heavy (non-hydrogen) atoms. The standard InChI is InChI=1S/C15H21N5O/c1-4-17-15(21)13-6-5-12(16)7-14(13)19(2)9-11-8-18-20(3)10-11/h5-8,10H,4,9,16H2,1-3H3,(H,17,21). The molecule has 1 aromatic heterocycles. The monoisotopic (exact) mass is 287 g/mol. The Bertz CT molecular complexity index is 635. The summed E-state index contributed by atoms with van der Waals surface area (Å²) in [4.78, 5) is 14.1. The van der Waals surface area contributed by atoms with Crippen LogP contribution in [0, 0.1) is 0 Å². The molecule has 2 aromatic rings. The van der Waals surface area contributed by atoms with Crippen molar-refractivity contribution >= 4 is 17.3 Å². The number of carbonyl (C=O) groups is 1. The summed E-state index contributed by atoms with van der Waals surface area (Å²) in [5.74, 6) is -0.0921. The zero-order valence-electron chi connectivity index (χ0n) is 12.6. The fourth-order valence-electron chi connectivity index (χ4n) is 2.22. The van der Waals surface area contributed by atoms with Gasteiger partial charge in [0.05, 0.1) is 17.4 Å². The largest absolute Gasteiger partial charge is 0.399 e. The number of amides is 1. The SMILES string of the molecule is CCNC(=O)c1ccc(N)cc1N(C)Cc1cnn(C)c1. The number of hydrogen-bond acceptors (Lipinski definition) is 4. The molecule has 0 saturated heterocycles. The maximum Gasteiger partial charge on any atom is 0.253 e. The van der Waals surface area contributed by atoms with Gasteiger partial charge in [0.25, 0.3) is 5.91 Å². The van der Waals surface area contributed by atoms with Crippen LogP contribution >= 0.6 is 0 Å². The Morgan fingerprint density at radius 3 is 2.86 bits per heavy atom. The summed E-state index contributed by atoms with van der Waals surface area (Å²) < 4.78 is 1.76. The third-order valence-electron chi connectivity index (χ3n) is 3.19. The first-order valence-electron chi connectivity index (χ1n) is 6.87. The van der Waals surface area contributed by atoms with Crippen LogP contribution in [0.2, 0.25) is 0 Å². The van der Waals surface area contributed by atoms with Crippen molar-refractivity contribution in [2.24, 2.45) is 7.05 Å². The van der Waals surface area contributed by atoms with Gasteiger partial charge in [-0.05, 0) is 25.1 Å². The van der Waals surface area contributed by atoms with E-state index in [0.717, 1.165) is 11.3 Å². The van der Waals surface area contributed by atoms with Gasteiger partial charge in [-0.15, -0.1) is 0 Å². The summed E-state index contributed by atoms with van der Waals surface area (Å²) in [6.45, 7) is 3.15. The van der Waals surface area contributed by atoms with Crippen LogP contribution in [0.3, 0.4) is 0 Å². The number of nitrogens with zero attached hydrogens (tertiary/aromatic N) is 3. The van der Waals surface area contributed by atoms with Gasteiger partial charge < -0.3 is 16.0 Å². The second-order valence-electron chi connectivity index (χ2n) is 5.01. The van der Waals surface area contributed by atoms with Crippen LogP contribution in [0.4, 0.5) is 11.4 Å². The average Bonchev–Trinajstić information content (AvgIpc) is 2.84. The molecule has 1 aromatic carbocycles. The van der Waals surface area contributed by atoms with Gasteiger partial charge in [-0.2, -0.15) is 5.10 Å². The Kier molecular flexibility index (Phi) is 4.47. The number of anilines is 2. The van der Waals surface area contributed by atoms with E-state index < -0.39 is 0 Å². The fraction of sp³-hybridized carbons (Fsp3) is 0.333. The van der Waals surface area contributed by atoms with E-state index in [1.807, 2.05) is 44.4 Å².